The number of anilines is 1. The summed E-state index contributed by atoms with van der Waals surface area (Å²) in [4.78, 5) is 16.3. The summed E-state index contributed by atoms with van der Waals surface area (Å²) in [5.74, 6) is -0.227. The summed E-state index contributed by atoms with van der Waals surface area (Å²) in [5.41, 5.74) is 1.15. The molecule has 0 atom stereocenters. The maximum absolute atomic E-state index is 12.7. The van der Waals surface area contributed by atoms with Crippen molar-refractivity contribution in [1.29, 1.82) is 0 Å². The number of amides is 1. The Morgan fingerprint density at radius 2 is 1.89 bits per heavy atom. The number of hydrogen-bond donors (Lipinski definition) is 1. The van der Waals surface area contributed by atoms with E-state index < -0.39 is 17.6 Å². The molecule has 2 heterocycles. The van der Waals surface area contributed by atoms with Gasteiger partial charge in [0, 0.05) is 16.9 Å². The number of carbonyl (C=O) groups excluding carboxylic acids is 1. The average molecular weight is 395 g/mol. The molecule has 140 valence electrons. The maximum Gasteiger partial charge on any atom is 0.417 e. The lowest BCUT2D eigenvalue weighted by molar-refractivity contribution is -0.137. The highest BCUT2D eigenvalue weighted by atomic mass is 35.5. The van der Waals surface area contributed by atoms with Gasteiger partial charge in [-0.3, -0.25) is 4.79 Å². The molecule has 1 N–H and O–H groups in total. The predicted octanol–water partition coefficient (Wildman–Crippen LogP) is 4.81. The summed E-state index contributed by atoms with van der Waals surface area (Å²) in [6.45, 7) is 3.41. The maximum atomic E-state index is 12.7. The van der Waals surface area contributed by atoms with Gasteiger partial charge in [-0.25, -0.2) is 9.67 Å². The van der Waals surface area contributed by atoms with Crippen LogP contribution in [-0.4, -0.2) is 20.7 Å². The highest BCUT2D eigenvalue weighted by Crippen LogP contribution is 2.29. The Hall–Kier alpha value is -2.87. The van der Waals surface area contributed by atoms with Gasteiger partial charge in [-0.05, 0) is 43.7 Å². The summed E-state index contributed by atoms with van der Waals surface area (Å²) < 4.78 is 39.3. The Morgan fingerprint density at radius 1 is 1.15 bits per heavy atom. The Labute approximate surface area is 157 Å². The van der Waals surface area contributed by atoms with Crippen molar-refractivity contribution in [2.45, 2.75) is 20.0 Å². The van der Waals surface area contributed by atoms with Crippen LogP contribution in [0.4, 0.5) is 18.9 Å². The van der Waals surface area contributed by atoms with Crippen molar-refractivity contribution in [1.82, 2.24) is 14.8 Å². The van der Waals surface area contributed by atoms with Crippen molar-refractivity contribution in [3.8, 4) is 5.82 Å². The van der Waals surface area contributed by atoms with E-state index in [-0.39, 0.29) is 11.4 Å². The van der Waals surface area contributed by atoms with E-state index in [4.69, 9.17) is 11.6 Å². The van der Waals surface area contributed by atoms with Gasteiger partial charge < -0.3 is 5.32 Å². The minimum atomic E-state index is -4.47. The van der Waals surface area contributed by atoms with Crippen LogP contribution in [0.25, 0.3) is 5.82 Å². The number of carbonyl (C=O) groups is 1. The first-order valence-electron chi connectivity index (χ1n) is 7.83. The second-order valence-electron chi connectivity index (χ2n) is 5.82. The van der Waals surface area contributed by atoms with Crippen molar-refractivity contribution < 1.29 is 18.0 Å². The molecule has 2 aromatic heterocycles. The van der Waals surface area contributed by atoms with Gasteiger partial charge in [0.05, 0.1) is 23.0 Å². The van der Waals surface area contributed by atoms with Crippen LogP contribution in [0.1, 0.15) is 27.2 Å². The molecule has 0 spiro atoms. The van der Waals surface area contributed by atoms with E-state index >= 15 is 0 Å². The van der Waals surface area contributed by atoms with Gasteiger partial charge in [0.1, 0.15) is 0 Å². The molecule has 0 aliphatic rings. The number of alkyl halides is 3. The number of nitrogens with zero attached hydrogens (tertiary/aromatic N) is 3. The second kappa shape index (κ2) is 7.03. The number of rotatable bonds is 3. The summed E-state index contributed by atoms with van der Waals surface area (Å²) in [5, 5.41) is 7.34. The molecule has 0 aliphatic heterocycles. The SMILES string of the molecule is Cc1c(Cl)cccc1NC(=O)c1cnn(-c2ccc(C(F)(F)F)cn2)c1C. The van der Waals surface area contributed by atoms with Crippen molar-refractivity contribution in [3.05, 3.63) is 70.1 Å². The van der Waals surface area contributed by atoms with Crippen molar-refractivity contribution >= 4 is 23.2 Å². The van der Waals surface area contributed by atoms with Gasteiger partial charge in [-0.1, -0.05) is 17.7 Å². The fourth-order valence-electron chi connectivity index (χ4n) is 2.48. The van der Waals surface area contributed by atoms with Gasteiger partial charge in [-0.15, -0.1) is 0 Å². The van der Waals surface area contributed by atoms with E-state index in [2.05, 4.69) is 15.4 Å². The quantitative estimate of drug-likeness (QED) is 0.693. The molecule has 3 aromatic rings. The van der Waals surface area contributed by atoms with Crippen molar-refractivity contribution in [2.24, 2.45) is 0 Å². The first kappa shape index (κ1) is 18.9. The third-order valence-electron chi connectivity index (χ3n) is 4.06. The fourth-order valence-corrected chi connectivity index (χ4v) is 2.65. The lowest BCUT2D eigenvalue weighted by Crippen LogP contribution is -2.14. The molecule has 9 heteroatoms. The van der Waals surface area contributed by atoms with Crippen LogP contribution >= 0.6 is 11.6 Å². The standard InChI is InChI=1S/C18H14ClF3N4O/c1-10-14(19)4-3-5-15(10)25-17(27)13-9-24-26(11(13)2)16-7-6-12(8-23-16)18(20,21)22/h3-9H,1-2H3,(H,25,27). The first-order chi connectivity index (χ1) is 12.7. The third-order valence-corrected chi connectivity index (χ3v) is 4.47. The van der Waals surface area contributed by atoms with Crippen LogP contribution in [0, 0.1) is 13.8 Å². The highest BCUT2D eigenvalue weighted by Gasteiger charge is 2.30. The van der Waals surface area contributed by atoms with Crippen LogP contribution in [-0.2, 0) is 6.18 Å². The van der Waals surface area contributed by atoms with Crippen LogP contribution in [0.3, 0.4) is 0 Å². The summed E-state index contributed by atoms with van der Waals surface area (Å²) >= 11 is 6.05. The molecular formula is C18H14ClF3N4O. The van der Waals surface area contributed by atoms with Gasteiger partial charge in [0.2, 0.25) is 0 Å². The fraction of sp³-hybridized carbons (Fsp3) is 0.167. The minimum absolute atomic E-state index is 0.179. The highest BCUT2D eigenvalue weighted by molar-refractivity contribution is 6.31. The van der Waals surface area contributed by atoms with Crippen molar-refractivity contribution in [3.63, 3.8) is 0 Å². The van der Waals surface area contributed by atoms with Crippen LogP contribution in [0.5, 0.6) is 0 Å². The molecule has 0 bridgehead atoms. The van der Waals surface area contributed by atoms with E-state index in [1.165, 1.54) is 16.9 Å². The molecule has 1 amide bonds. The van der Waals surface area contributed by atoms with Gasteiger partial charge in [-0.2, -0.15) is 18.3 Å². The third kappa shape index (κ3) is 3.80. The molecule has 5 nitrogen and oxygen atoms in total. The topological polar surface area (TPSA) is 59.8 Å². The predicted molar refractivity (Wildman–Crippen MR) is 95.2 cm³/mol. The van der Waals surface area contributed by atoms with E-state index in [1.807, 2.05) is 0 Å². The van der Waals surface area contributed by atoms with Crippen LogP contribution < -0.4 is 5.32 Å². The molecule has 0 fully saturated rings. The Morgan fingerprint density at radius 3 is 2.52 bits per heavy atom. The Balaban J connectivity index is 1.86. The van der Waals surface area contributed by atoms with E-state index in [0.717, 1.165) is 17.8 Å². The van der Waals surface area contributed by atoms with Crippen LogP contribution in [0.2, 0.25) is 5.02 Å². The number of benzene rings is 1. The van der Waals surface area contributed by atoms with Gasteiger partial charge in [0.15, 0.2) is 5.82 Å². The average Bonchev–Trinajstić information content (AvgIpc) is 3.00. The molecule has 0 unspecified atom stereocenters. The Bertz CT molecular complexity index is 997. The smallest absolute Gasteiger partial charge is 0.322 e. The van der Waals surface area contributed by atoms with E-state index in [9.17, 15) is 18.0 Å². The largest absolute Gasteiger partial charge is 0.417 e. The van der Waals surface area contributed by atoms with Gasteiger partial charge >= 0.3 is 6.18 Å². The molecular weight excluding hydrogens is 381 g/mol. The van der Waals surface area contributed by atoms with Crippen molar-refractivity contribution in [2.75, 3.05) is 5.32 Å². The molecule has 0 saturated heterocycles. The zero-order valence-corrected chi connectivity index (χ0v) is 15.1. The minimum Gasteiger partial charge on any atom is -0.322 e. The number of nitrogens with one attached hydrogen (secondary N) is 1. The summed E-state index contributed by atoms with van der Waals surface area (Å²) in [6, 6.07) is 7.26. The Kier molecular flexibility index (Phi) is 4.93. The molecule has 0 radical (unpaired) electrons. The lowest BCUT2D eigenvalue weighted by atomic mass is 10.2. The van der Waals surface area contributed by atoms with Gasteiger partial charge in [0.25, 0.3) is 5.91 Å². The number of hydrogen-bond acceptors (Lipinski definition) is 3. The number of halogens is 4. The summed E-state index contributed by atoms with van der Waals surface area (Å²) in [6.07, 6.45) is -2.40. The lowest BCUT2D eigenvalue weighted by Gasteiger charge is -2.10. The number of pyridine rings is 1. The first-order valence-corrected chi connectivity index (χ1v) is 8.21. The second-order valence-corrected chi connectivity index (χ2v) is 6.23. The molecule has 3 rings (SSSR count). The van der Waals surface area contributed by atoms with Crippen LogP contribution in [0.15, 0.2) is 42.7 Å². The molecule has 27 heavy (non-hydrogen) atoms. The van der Waals surface area contributed by atoms with E-state index in [1.54, 1.807) is 32.0 Å². The van der Waals surface area contributed by atoms with E-state index in [0.29, 0.717) is 16.4 Å². The monoisotopic (exact) mass is 394 g/mol. The summed E-state index contributed by atoms with van der Waals surface area (Å²) in [7, 11) is 0. The molecule has 0 aliphatic carbocycles. The molecule has 1 aromatic carbocycles. The zero-order valence-electron chi connectivity index (χ0n) is 14.3. The zero-order chi connectivity index (χ0) is 19.8. The number of aromatic nitrogens is 3. The molecule has 0 saturated carbocycles. The normalized spacial score (nSPS) is 11.5.